The zero-order valence-corrected chi connectivity index (χ0v) is 19.3. The van der Waals surface area contributed by atoms with Crippen molar-refractivity contribution in [1.82, 2.24) is 20.1 Å². The summed E-state index contributed by atoms with van der Waals surface area (Å²) in [5, 5.41) is 3.59. The number of hydrogen-bond donors (Lipinski definition) is 2. The second-order valence-electron chi connectivity index (χ2n) is 9.13. The summed E-state index contributed by atoms with van der Waals surface area (Å²) in [4.78, 5) is 45.1. The number of aromatic amines is 1. The Labute approximate surface area is 199 Å². The van der Waals surface area contributed by atoms with Gasteiger partial charge in [0.05, 0.1) is 10.6 Å². The first-order valence-electron chi connectivity index (χ1n) is 11.2. The molecule has 3 aliphatic heterocycles. The van der Waals surface area contributed by atoms with Gasteiger partial charge in [-0.2, -0.15) is 0 Å². The number of halogens is 1. The topological polar surface area (TPSA) is 120 Å². The molecule has 1 atom stereocenters. The summed E-state index contributed by atoms with van der Waals surface area (Å²) in [7, 11) is -3.73. The van der Waals surface area contributed by atoms with E-state index in [-0.39, 0.29) is 22.6 Å². The van der Waals surface area contributed by atoms with Crippen molar-refractivity contribution in [3.05, 3.63) is 65.1 Å². The molecule has 0 saturated carbocycles. The number of nitrogens with one attached hydrogen (secondary N) is 2. The van der Waals surface area contributed by atoms with E-state index in [1.807, 2.05) is 24.3 Å². The van der Waals surface area contributed by atoms with Gasteiger partial charge in [0.25, 0.3) is 5.91 Å². The van der Waals surface area contributed by atoms with Crippen LogP contribution in [-0.4, -0.2) is 59.9 Å². The van der Waals surface area contributed by atoms with Gasteiger partial charge in [-0.1, -0.05) is 18.2 Å². The number of imide groups is 1. The van der Waals surface area contributed by atoms with Gasteiger partial charge in [-0.3, -0.25) is 14.5 Å². The minimum atomic E-state index is -3.73. The lowest BCUT2D eigenvalue weighted by Gasteiger charge is -2.33. The number of hydrogen-bond acceptors (Lipinski definition) is 5. The van der Waals surface area contributed by atoms with Crippen LogP contribution in [0.15, 0.2) is 47.4 Å². The molecule has 0 bridgehead atoms. The average molecular weight is 497 g/mol. The SMILES string of the molecule is O=C(CN1C(=O)NC2(CCS(=O)(=O)c3ccc(F)cc32)C1=O)N1CCc2[nH]c3ccccc3c2C1. The van der Waals surface area contributed by atoms with Crippen LogP contribution in [0, 0.1) is 5.82 Å². The number of rotatable bonds is 2. The summed E-state index contributed by atoms with van der Waals surface area (Å²) in [5.74, 6) is -2.25. The van der Waals surface area contributed by atoms with Crippen molar-refractivity contribution >= 4 is 38.6 Å². The van der Waals surface area contributed by atoms with Crippen LogP contribution in [0.2, 0.25) is 0 Å². The molecule has 180 valence electrons. The zero-order valence-electron chi connectivity index (χ0n) is 18.5. The van der Waals surface area contributed by atoms with Gasteiger partial charge < -0.3 is 15.2 Å². The number of carbonyl (C=O) groups is 3. The molecule has 1 saturated heterocycles. The van der Waals surface area contributed by atoms with E-state index in [4.69, 9.17) is 0 Å². The number of fused-ring (bicyclic) bond motifs is 5. The predicted octanol–water partition coefficient (Wildman–Crippen LogP) is 1.82. The number of urea groups is 1. The lowest BCUT2D eigenvalue weighted by atomic mass is 9.86. The van der Waals surface area contributed by atoms with Crippen LogP contribution in [0.4, 0.5) is 9.18 Å². The van der Waals surface area contributed by atoms with Gasteiger partial charge in [0, 0.05) is 47.2 Å². The normalized spacial score (nSPS) is 22.9. The molecule has 0 aliphatic carbocycles. The first-order chi connectivity index (χ1) is 16.7. The number of amides is 4. The number of aromatic nitrogens is 1. The Morgan fingerprint density at radius 2 is 1.94 bits per heavy atom. The molecule has 2 N–H and O–H groups in total. The maximum Gasteiger partial charge on any atom is 0.325 e. The molecule has 2 aromatic carbocycles. The Morgan fingerprint density at radius 3 is 2.77 bits per heavy atom. The molecule has 3 aromatic rings. The largest absolute Gasteiger partial charge is 0.358 e. The molecule has 11 heteroatoms. The van der Waals surface area contributed by atoms with Crippen molar-refractivity contribution in [3.63, 3.8) is 0 Å². The van der Waals surface area contributed by atoms with Crippen molar-refractivity contribution < 1.29 is 27.2 Å². The van der Waals surface area contributed by atoms with Crippen LogP contribution < -0.4 is 5.32 Å². The second kappa shape index (κ2) is 7.38. The molecular formula is C24H21FN4O5S. The van der Waals surface area contributed by atoms with E-state index in [0.29, 0.717) is 19.5 Å². The van der Waals surface area contributed by atoms with Crippen LogP contribution in [0.1, 0.15) is 23.2 Å². The van der Waals surface area contributed by atoms with E-state index in [2.05, 4.69) is 10.3 Å². The van der Waals surface area contributed by atoms with E-state index in [1.54, 1.807) is 4.90 Å². The fourth-order valence-electron chi connectivity index (χ4n) is 5.38. The third kappa shape index (κ3) is 3.18. The summed E-state index contributed by atoms with van der Waals surface area (Å²) >= 11 is 0. The van der Waals surface area contributed by atoms with E-state index < -0.39 is 45.6 Å². The second-order valence-corrected chi connectivity index (χ2v) is 11.2. The summed E-state index contributed by atoms with van der Waals surface area (Å²) in [6.45, 7) is 0.292. The van der Waals surface area contributed by atoms with Gasteiger partial charge in [0.1, 0.15) is 17.9 Å². The highest BCUT2D eigenvalue weighted by molar-refractivity contribution is 7.91. The minimum Gasteiger partial charge on any atom is -0.358 e. The Kier molecular flexibility index (Phi) is 4.59. The van der Waals surface area contributed by atoms with Crippen LogP contribution in [0.3, 0.4) is 0 Å². The van der Waals surface area contributed by atoms with Gasteiger partial charge in [-0.05, 0) is 30.7 Å². The Hall–Kier alpha value is -3.73. The maximum absolute atomic E-state index is 14.1. The molecular weight excluding hydrogens is 475 g/mol. The zero-order chi connectivity index (χ0) is 24.5. The highest BCUT2D eigenvalue weighted by Crippen LogP contribution is 2.41. The monoisotopic (exact) mass is 496 g/mol. The van der Waals surface area contributed by atoms with Crippen molar-refractivity contribution in [2.75, 3.05) is 18.8 Å². The van der Waals surface area contributed by atoms with Crippen LogP contribution in [0.25, 0.3) is 10.9 Å². The van der Waals surface area contributed by atoms with Crippen molar-refractivity contribution in [2.24, 2.45) is 0 Å². The molecule has 9 nitrogen and oxygen atoms in total. The first-order valence-corrected chi connectivity index (χ1v) is 12.9. The van der Waals surface area contributed by atoms with Gasteiger partial charge in [0.15, 0.2) is 9.84 Å². The number of para-hydroxylation sites is 1. The van der Waals surface area contributed by atoms with Gasteiger partial charge >= 0.3 is 6.03 Å². The molecule has 1 spiro atoms. The molecule has 4 heterocycles. The fourth-order valence-corrected chi connectivity index (χ4v) is 7.01. The average Bonchev–Trinajstić information content (AvgIpc) is 3.32. The summed E-state index contributed by atoms with van der Waals surface area (Å²) in [6, 6.07) is 10.1. The number of carbonyl (C=O) groups excluding carboxylic acids is 3. The van der Waals surface area contributed by atoms with Gasteiger partial charge in [0.2, 0.25) is 5.91 Å². The van der Waals surface area contributed by atoms with Crippen molar-refractivity contribution in [2.45, 2.75) is 29.8 Å². The highest BCUT2D eigenvalue weighted by atomic mass is 32.2. The van der Waals surface area contributed by atoms with E-state index in [9.17, 15) is 27.2 Å². The minimum absolute atomic E-state index is 0.0987. The summed E-state index contributed by atoms with van der Waals surface area (Å²) in [6.07, 6.45) is 0.383. The smallest absolute Gasteiger partial charge is 0.325 e. The third-order valence-electron chi connectivity index (χ3n) is 7.19. The van der Waals surface area contributed by atoms with Crippen LogP contribution >= 0.6 is 0 Å². The first kappa shape index (κ1) is 21.8. The van der Waals surface area contributed by atoms with E-state index in [1.165, 1.54) is 0 Å². The van der Waals surface area contributed by atoms with E-state index >= 15 is 0 Å². The maximum atomic E-state index is 14.1. The molecule has 1 unspecified atom stereocenters. The summed E-state index contributed by atoms with van der Waals surface area (Å²) in [5.41, 5.74) is 1.24. The number of benzene rings is 2. The Bertz CT molecular complexity index is 1550. The molecule has 3 aliphatic rings. The molecule has 1 fully saturated rings. The molecule has 1 aromatic heterocycles. The Balaban J connectivity index is 1.27. The quantitative estimate of drug-likeness (QED) is 0.414. The van der Waals surface area contributed by atoms with Crippen LogP contribution in [-0.2, 0) is 37.9 Å². The molecule has 35 heavy (non-hydrogen) atoms. The standard InChI is InChI=1S/C24H21FN4O5S/c25-14-5-6-20-17(11-14)24(8-10-35(20,33)34)22(31)29(23(32)27-24)13-21(30)28-9-7-19-16(12-28)15-3-1-2-4-18(15)26-19/h1-6,11,26H,7-10,12-13H2,(H,27,32). The molecule has 6 rings (SSSR count). The molecule has 0 radical (unpaired) electrons. The number of sulfone groups is 1. The predicted molar refractivity (Wildman–Crippen MR) is 122 cm³/mol. The fraction of sp³-hybridized carbons (Fsp3) is 0.292. The third-order valence-corrected chi connectivity index (χ3v) is 8.95. The highest BCUT2D eigenvalue weighted by Gasteiger charge is 2.57. The number of nitrogens with zero attached hydrogens (tertiary/aromatic N) is 2. The molecule has 4 amide bonds. The van der Waals surface area contributed by atoms with Gasteiger partial charge in [-0.25, -0.2) is 17.6 Å². The Morgan fingerprint density at radius 1 is 1.14 bits per heavy atom. The van der Waals surface area contributed by atoms with Gasteiger partial charge in [-0.15, -0.1) is 0 Å². The lowest BCUT2D eigenvalue weighted by molar-refractivity contribution is -0.139. The summed E-state index contributed by atoms with van der Waals surface area (Å²) < 4.78 is 39.1. The van der Waals surface area contributed by atoms with Crippen molar-refractivity contribution in [1.29, 1.82) is 0 Å². The number of H-pyrrole nitrogens is 1. The van der Waals surface area contributed by atoms with Crippen LogP contribution in [0.5, 0.6) is 0 Å². The van der Waals surface area contributed by atoms with E-state index in [0.717, 1.165) is 45.3 Å². The van der Waals surface area contributed by atoms with Crippen molar-refractivity contribution in [3.8, 4) is 0 Å². The lowest BCUT2D eigenvalue weighted by Crippen LogP contribution is -2.49.